The number of fused-ring (bicyclic) bond motifs is 12. The molecule has 122 heavy (non-hydrogen) atoms. The zero-order chi connectivity index (χ0) is 86.0. The Morgan fingerprint density at radius 2 is 0.893 bits per heavy atom. The highest BCUT2D eigenvalue weighted by Gasteiger charge is 2.31. The lowest BCUT2D eigenvalue weighted by molar-refractivity contribution is -0.137. The first kappa shape index (κ1) is 87.0. The van der Waals surface area contributed by atoms with E-state index in [1.807, 2.05) is 60.7 Å². The zero-order valence-electron chi connectivity index (χ0n) is 65.5. The minimum atomic E-state index is -4.55. The Bertz CT molecular complexity index is 6260. The molecule has 15 rings (SSSR count). The summed E-state index contributed by atoms with van der Waals surface area (Å²) < 4.78 is 151. The quantitative estimate of drug-likeness (QED) is 0.0450. The second kappa shape index (κ2) is 39.1. The maximum Gasteiger partial charge on any atom is 0.416 e. The third kappa shape index (κ3) is 23.8. The normalized spacial score (nSPS) is 17.0. The van der Waals surface area contributed by atoms with E-state index in [1.165, 1.54) is 49.7 Å². The fraction of sp³-hybridized carbons (Fsp3) is 0.200. The number of aromatic nitrogens is 6. The summed E-state index contributed by atoms with van der Waals surface area (Å²) >= 11 is 5.89. The summed E-state index contributed by atoms with van der Waals surface area (Å²) in [5.41, 5.74) is 8.14. The van der Waals surface area contributed by atoms with E-state index in [1.54, 1.807) is 116 Å². The van der Waals surface area contributed by atoms with Crippen molar-refractivity contribution >= 4 is 127 Å². The summed E-state index contributed by atoms with van der Waals surface area (Å²) in [5.74, 6) is 3.58. The van der Waals surface area contributed by atoms with Crippen LogP contribution in [0.25, 0.3) is 33.4 Å². The molecular weight excluding hydrogens is 1670 g/mol. The molecule has 9 aromatic carbocycles. The molecule has 632 valence electrons. The van der Waals surface area contributed by atoms with Crippen molar-refractivity contribution in [3.05, 3.63) is 264 Å². The molecule has 0 spiro atoms. The van der Waals surface area contributed by atoms with Crippen LogP contribution in [0, 0.1) is 20.2 Å². The minimum Gasteiger partial charge on any atom is -0.497 e. The van der Waals surface area contributed by atoms with Crippen molar-refractivity contribution in [1.29, 1.82) is 14.3 Å². The monoisotopic (exact) mass is 1750 g/mol. The Morgan fingerprint density at radius 1 is 0.475 bits per heavy atom. The van der Waals surface area contributed by atoms with Gasteiger partial charge in [-0.2, -0.15) is 28.1 Å². The van der Waals surface area contributed by atoms with Gasteiger partial charge in [0.25, 0.3) is 0 Å². The number of benzene rings is 9. The van der Waals surface area contributed by atoms with Crippen LogP contribution in [0.5, 0.6) is 5.75 Å². The number of sulfonamides is 1. The van der Waals surface area contributed by atoms with Gasteiger partial charge in [0.2, 0.25) is 27.9 Å². The fourth-order valence-corrected chi connectivity index (χ4v) is 18.4. The van der Waals surface area contributed by atoms with E-state index in [0.717, 1.165) is 58.4 Å². The number of hydrogen-bond donors (Lipinski definition) is 14. The maximum atomic E-state index is 14.7. The lowest BCUT2D eigenvalue weighted by Crippen LogP contribution is -2.28. The van der Waals surface area contributed by atoms with E-state index in [0.29, 0.717) is 152 Å². The van der Waals surface area contributed by atoms with Crippen LogP contribution >= 0.6 is 11.6 Å². The Morgan fingerprint density at radius 3 is 1.34 bits per heavy atom. The number of halogens is 5. The number of alkyl halides is 3. The van der Waals surface area contributed by atoms with Gasteiger partial charge in [-0.1, -0.05) is 84.4 Å². The average Bonchev–Trinajstić information content (AvgIpc) is 1.45. The average molecular weight is 1750 g/mol. The molecule has 6 heterocycles. The van der Waals surface area contributed by atoms with Gasteiger partial charge in [0.15, 0.2) is 0 Å². The molecule has 0 saturated heterocycles. The van der Waals surface area contributed by atoms with E-state index in [9.17, 15) is 48.2 Å². The number of urea groups is 2. The van der Waals surface area contributed by atoms with Crippen LogP contribution < -0.4 is 62.6 Å². The lowest BCUT2D eigenvalue weighted by atomic mass is 10.0. The number of nitrogens with one attached hydrogen (secondary N) is 14. The third-order valence-electron chi connectivity index (χ3n) is 19.3. The van der Waals surface area contributed by atoms with Gasteiger partial charge < -0.3 is 57.9 Å². The first-order valence-electron chi connectivity index (χ1n) is 38.4. The van der Waals surface area contributed by atoms with Crippen LogP contribution in [-0.4, -0.2) is 107 Å². The summed E-state index contributed by atoms with van der Waals surface area (Å²) in [6, 6.07) is 56.8. The van der Waals surface area contributed by atoms with E-state index in [-0.39, 0.29) is 47.2 Å². The lowest BCUT2D eigenvalue weighted by Gasteiger charge is -2.14. The van der Waals surface area contributed by atoms with E-state index < -0.39 is 62.8 Å². The highest BCUT2D eigenvalue weighted by atomic mass is 35.5. The summed E-state index contributed by atoms with van der Waals surface area (Å²) in [4.78, 5) is 53.5. The van der Waals surface area contributed by atoms with Gasteiger partial charge in [-0.25, -0.2) is 69.0 Å². The second-order valence-corrected chi connectivity index (χ2v) is 37.2. The standard InChI is InChI=1S/C29H27F4N7O2S.C28H28ClN7O2S.C28H30N6O4S2/c30-21-12-18(16-37-28(41)39-22-6-3-5-20(14-22)29(31,32)33)11-19(13-21)25-17-36-27-38-23-7-4-8-24(15-23)43(34,42)10-2-1-9-35-26(25)40-27;29-21-10-12-22(13-11-21)35-28(37)33-17-19-6-8-20(9-7-19)25-18-32-27-34-23-4-3-5-24(16-23)39(30,38)15-2-1-14-31-26(25)36-27;1-38-23-11-13-24(14-12-23)40(36,37)32-18-20-7-9-21(10-8-20)26-19-31-28-33-22-5-4-6-25(17-22)39(29,35)16-3-2-15-30-27(26)34-28/h3-8,11-15,17,34H,1-2,9-10,16H2,(H2,37,39,41)(H2,35,36,38,40);3-13,16,18,30H,1-2,14-15,17H2,(H2,33,35,37)(H2,31,32,34,36);4-14,17,19,29,32H,2-3,15-16,18H2,1H3,(H2,30,31,33,34). The zero-order valence-corrected chi connectivity index (χ0v) is 69.5. The smallest absolute Gasteiger partial charge is 0.416 e. The van der Waals surface area contributed by atoms with E-state index in [4.69, 9.17) is 35.7 Å². The Labute approximate surface area is 708 Å². The predicted molar refractivity (Wildman–Crippen MR) is 468 cm³/mol. The molecule has 37 heteroatoms. The summed E-state index contributed by atoms with van der Waals surface area (Å²) in [6.07, 6.45) is 4.41. The molecule has 14 N–H and O–H groups in total. The van der Waals surface area contributed by atoms with Gasteiger partial charge in [0, 0.05) is 140 Å². The van der Waals surface area contributed by atoms with Gasteiger partial charge in [0.1, 0.15) is 29.0 Å². The van der Waals surface area contributed by atoms with Gasteiger partial charge in [-0.05, 0) is 211 Å². The third-order valence-corrected chi connectivity index (χ3v) is 26.6. The number of carbonyl (C=O) groups excluding carboxylic acids is 2. The molecule has 3 aromatic heterocycles. The summed E-state index contributed by atoms with van der Waals surface area (Å²) in [7, 11) is -10.9. The van der Waals surface area contributed by atoms with Crippen molar-refractivity contribution in [1.82, 2.24) is 45.3 Å². The molecule has 28 nitrogen and oxygen atoms in total. The minimum absolute atomic E-state index is 0.0408. The predicted octanol–water partition coefficient (Wildman–Crippen LogP) is 18.4. The Kier molecular flexibility index (Phi) is 27.9. The molecular formula is C85H85ClF4N20O8S4. The Hall–Kier alpha value is -12.9. The first-order valence-corrected chi connectivity index (χ1v) is 45.5. The van der Waals surface area contributed by atoms with Crippen LogP contribution in [0.2, 0.25) is 5.02 Å². The maximum absolute atomic E-state index is 14.7. The molecule has 3 unspecified atom stereocenters. The van der Waals surface area contributed by atoms with Crippen molar-refractivity contribution in [3.63, 3.8) is 0 Å². The number of carbonyl (C=O) groups is 2. The topological polar surface area (TPSA) is 410 Å². The molecule has 3 aliphatic heterocycles. The van der Waals surface area contributed by atoms with Crippen LogP contribution in [0.1, 0.15) is 60.8 Å². The van der Waals surface area contributed by atoms with Gasteiger partial charge in [-0.3, -0.25) is 0 Å². The summed E-state index contributed by atoms with van der Waals surface area (Å²) in [6.45, 7) is 2.07. The SMILES string of the molecule is COc1ccc(S(=O)(=O)NCc2ccc(-c3cnc4nc3NCCCCS(=N)(=O)c3cccc(c3)N4)cc2)cc1.N=S1(=O)CCCCNc2nc(ncc2-c2cc(F)cc(CNC(=O)Nc3cccc(C(F)(F)F)c3)c2)Nc2cccc1c2.N=S1(=O)CCCCNc2nc(ncc2-c2ccc(CNC(=O)Nc3ccc(Cl)cc3)cc2)Nc2cccc1c2. The molecule has 0 saturated carbocycles. The molecule has 3 aliphatic rings. The molecule has 0 radical (unpaired) electrons. The van der Waals surface area contributed by atoms with Crippen molar-refractivity contribution < 1.29 is 52.9 Å². The molecule has 12 aromatic rings. The van der Waals surface area contributed by atoms with Gasteiger partial charge in [-0.15, -0.1) is 0 Å². The van der Waals surface area contributed by atoms with E-state index in [2.05, 4.69) is 82.8 Å². The molecule has 3 atom stereocenters. The number of rotatable bonds is 14. The molecule has 4 amide bonds. The van der Waals surface area contributed by atoms with E-state index >= 15 is 0 Å². The summed E-state index contributed by atoms with van der Waals surface area (Å²) in [5, 5.41) is 30.5. The van der Waals surface area contributed by atoms with Crippen LogP contribution in [-0.2, 0) is 65.0 Å². The molecule has 0 fully saturated rings. The first-order chi connectivity index (χ1) is 58.5. The number of amides is 4. The van der Waals surface area contributed by atoms with Crippen molar-refractivity contribution in [2.24, 2.45) is 0 Å². The van der Waals surface area contributed by atoms with Crippen LogP contribution in [0.4, 0.5) is 90.9 Å². The number of nitrogens with zero attached hydrogens (tertiary/aromatic N) is 6. The highest BCUT2D eigenvalue weighted by molar-refractivity contribution is 7.93. The van der Waals surface area contributed by atoms with Gasteiger partial charge in [0.05, 0.1) is 46.8 Å². The molecule has 12 bridgehead atoms. The number of hydrogen-bond acceptors (Lipinski definition) is 23. The van der Waals surface area contributed by atoms with Crippen LogP contribution in [0.3, 0.4) is 0 Å². The molecule has 0 aliphatic carbocycles. The highest BCUT2D eigenvalue weighted by Crippen LogP contribution is 2.36. The number of anilines is 11. The van der Waals surface area contributed by atoms with Crippen molar-refractivity contribution in [2.45, 2.75) is 83.9 Å². The van der Waals surface area contributed by atoms with Gasteiger partial charge >= 0.3 is 18.2 Å². The van der Waals surface area contributed by atoms with Crippen molar-refractivity contribution in [2.75, 3.05) is 86.5 Å². The number of methoxy groups -OCH3 is 1. The van der Waals surface area contributed by atoms with Crippen LogP contribution in [0.15, 0.2) is 250 Å². The largest absolute Gasteiger partial charge is 0.497 e. The Balaban J connectivity index is 0.000000158. The number of ether oxygens (including phenoxy) is 1. The van der Waals surface area contributed by atoms with Crippen molar-refractivity contribution in [3.8, 4) is 39.1 Å². The fourth-order valence-electron chi connectivity index (χ4n) is 12.9. The second-order valence-electron chi connectivity index (χ2n) is 28.3.